The van der Waals surface area contributed by atoms with Crippen LogP contribution in [0, 0.1) is 0 Å². The van der Waals surface area contributed by atoms with E-state index in [9.17, 15) is 18.0 Å². The van der Waals surface area contributed by atoms with E-state index in [2.05, 4.69) is 10.1 Å². The second-order valence-electron chi connectivity index (χ2n) is 10.4. The highest BCUT2D eigenvalue weighted by Gasteiger charge is 2.30. The van der Waals surface area contributed by atoms with Crippen LogP contribution in [0.5, 0.6) is 5.75 Å². The molecule has 14 heteroatoms. The van der Waals surface area contributed by atoms with Crippen molar-refractivity contribution < 1.29 is 17.9 Å². The van der Waals surface area contributed by atoms with Gasteiger partial charge >= 0.3 is 0 Å². The maximum absolute atomic E-state index is 13.8. The molecule has 3 aromatic heterocycles. The molecule has 1 aromatic carbocycles. The van der Waals surface area contributed by atoms with Crippen LogP contribution in [0.15, 0.2) is 52.3 Å². The molecule has 1 fully saturated rings. The van der Waals surface area contributed by atoms with E-state index in [1.165, 1.54) is 21.0 Å². The van der Waals surface area contributed by atoms with Crippen molar-refractivity contribution in [2.75, 3.05) is 39.3 Å². The summed E-state index contributed by atoms with van der Waals surface area (Å²) >= 11 is 0. The molecule has 5 rings (SSSR count). The number of fused-ring (bicyclic) bond motifs is 1. The molecule has 0 aliphatic carbocycles. The monoisotopic (exact) mass is 608 g/mol. The minimum atomic E-state index is -3.90. The van der Waals surface area contributed by atoms with Crippen LogP contribution in [-0.2, 0) is 28.3 Å². The maximum Gasteiger partial charge on any atom is 0.281 e. The summed E-state index contributed by atoms with van der Waals surface area (Å²) in [6, 6.07) is 10.1. The zero-order valence-corrected chi connectivity index (χ0v) is 25.4. The highest BCUT2D eigenvalue weighted by molar-refractivity contribution is 7.89. The average molecular weight is 609 g/mol. The van der Waals surface area contributed by atoms with Gasteiger partial charge in [-0.15, -0.1) is 0 Å². The van der Waals surface area contributed by atoms with E-state index >= 15 is 0 Å². The number of sulfonamides is 1. The van der Waals surface area contributed by atoms with E-state index in [-0.39, 0.29) is 41.4 Å². The lowest BCUT2D eigenvalue weighted by molar-refractivity contribution is -0.119. The van der Waals surface area contributed by atoms with Crippen molar-refractivity contribution in [1.82, 2.24) is 33.5 Å². The number of pyridine rings is 1. The maximum atomic E-state index is 13.8. The van der Waals surface area contributed by atoms with Gasteiger partial charge in [-0.05, 0) is 43.2 Å². The van der Waals surface area contributed by atoms with Gasteiger partial charge in [0.05, 0.1) is 29.3 Å². The molecule has 0 spiro atoms. The Morgan fingerprint density at radius 3 is 2.47 bits per heavy atom. The number of hydrogen-bond acceptors (Lipinski definition) is 9. The van der Waals surface area contributed by atoms with Gasteiger partial charge in [-0.2, -0.15) is 9.40 Å². The largest absolute Gasteiger partial charge is 0.493 e. The van der Waals surface area contributed by atoms with Crippen molar-refractivity contribution in [2.45, 2.75) is 38.0 Å². The Bertz CT molecular complexity index is 1800. The lowest BCUT2D eigenvalue weighted by atomic mass is 10.1. The van der Waals surface area contributed by atoms with Crippen LogP contribution in [0.3, 0.4) is 0 Å². The first-order chi connectivity index (χ1) is 20.6. The molecule has 0 bridgehead atoms. The van der Waals surface area contributed by atoms with E-state index in [4.69, 9.17) is 15.5 Å². The number of nitrogens with zero attached hydrogens (tertiary/aromatic N) is 7. The predicted octanol–water partition coefficient (Wildman–Crippen LogP) is 1.71. The van der Waals surface area contributed by atoms with Gasteiger partial charge in [0.2, 0.25) is 15.9 Å². The summed E-state index contributed by atoms with van der Waals surface area (Å²) < 4.78 is 37.9. The Balaban J connectivity index is 1.63. The Morgan fingerprint density at radius 1 is 1.05 bits per heavy atom. The van der Waals surface area contributed by atoms with E-state index < -0.39 is 15.9 Å². The van der Waals surface area contributed by atoms with E-state index in [1.54, 1.807) is 30.1 Å². The van der Waals surface area contributed by atoms with Gasteiger partial charge in [-0.3, -0.25) is 19.1 Å². The van der Waals surface area contributed by atoms with Crippen molar-refractivity contribution in [2.24, 2.45) is 12.8 Å². The third-order valence-corrected chi connectivity index (χ3v) is 9.25. The average Bonchev–Trinajstić information content (AvgIpc) is 3.36. The van der Waals surface area contributed by atoms with Gasteiger partial charge < -0.3 is 10.5 Å². The summed E-state index contributed by atoms with van der Waals surface area (Å²) in [5, 5.41) is 4.60. The molecular weight excluding hydrogens is 572 g/mol. The van der Waals surface area contributed by atoms with Crippen LogP contribution in [0.4, 0.5) is 0 Å². The molecule has 4 aromatic rings. The summed E-state index contributed by atoms with van der Waals surface area (Å²) in [7, 11) is -2.31. The zero-order valence-electron chi connectivity index (χ0n) is 24.6. The third kappa shape index (κ3) is 6.03. The fourth-order valence-electron chi connectivity index (χ4n) is 5.19. The SMILES string of the molecule is CCCOc1ccc(S(=O)(=O)N2CCN(CC(N)=O)CC2)cc1-c1nc2c(CCC)n(-c3ccccn3)nc2c(=O)n1C. The summed E-state index contributed by atoms with van der Waals surface area (Å²) in [6.45, 7) is 5.70. The van der Waals surface area contributed by atoms with E-state index in [0.29, 0.717) is 48.8 Å². The number of nitrogens with two attached hydrogens (primary N) is 1. The van der Waals surface area contributed by atoms with Crippen LogP contribution in [0.1, 0.15) is 32.4 Å². The standard InChI is InChI=1S/C29H36N8O5S/c1-4-8-22-26-27(33-37(22)25-9-6-7-12-31-25)29(39)34(3)28(32-26)21-18-20(10-11-23(21)42-17-5-2)43(40,41)36-15-13-35(14-16-36)19-24(30)38/h6-7,9-12,18H,4-5,8,13-17,19H2,1-3H3,(H2,30,38). The molecule has 0 atom stereocenters. The molecular formula is C29H36N8O5S. The zero-order chi connectivity index (χ0) is 30.7. The Morgan fingerprint density at radius 2 is 1.81 bits per heavy atom. The number of aryl methyl sites for hydroxylation is 1. The molecule has 228 valence electrons. The molecule has 0 unspecified atom stereocenters. The highest BCUT2D eigenvalue weighted by atomic mass is 32.2. The summed E-state index contributed by atoms with van der Waals surface area (Å²) in [5.41, 5.74) is 6.70. The molecule has 2 N–H and O–H groups in total. The smallest absolute Gasteiger partial charge is 0.281 e. The van der Waals surface area contributed by atoms with Gasteiger partial charge in [-0.25, -0.2) is 23.1 Å². The molecule has 0 saturated carbocycles. The molecule has 1 amide bonds. The first-order valence-electron chi connectivity index (χ1n) is 14.3. The van der Waals surface area contributed by atoms with Gasteiger partial charge in [0.25, 0.3) is 5.56 Å². The first kappa shape index (κ1) is 30.3. The lowest BCUT2D eigenvalue weighted by Gasteiger charge is -2.33. The van der Waals surface area contributed by atoms with Gasteiger partial charge in [0, 0.05) is 39.4 Å². The number of amides is 1. The normalized spacial score (nSPS) is 14.8. The Hall–Kier alpha value is -4.14. The molecule has 43 heavy (non-hydrogen) atoms. The quantitative estimate of drug-likeness (QED) is 0.268. The molecule has 4 heterocycles. The van der Waals surface area contributed by atoms with Gasteiger partial charge in [0.1, 0.15) is 17.1 Å². The number of piperazine rings is 1. The Labute approximate surface area is 249 Å². The third-order valence-electron chi connectivity index (χ3n) is 7.35. The summed E-state index contributed by atoms with van der Waals surface area (Å²) in [6.07, 6.45) is 3.78. The van der Waals surface area contributed by atoms with Gasteiger partial charge in [0.15, 0.2) is 11.3 Å². The molecule has 1 saturated heterocycles. The number of carbonyl (C=O) groups is 1. The van der Waals surface area contributed by atoms with E-state index in [0.717, 1.165) is 18.5 Å². The van der Waals surface area contributed by atoms with Crippen molar-refractivity contribution in [3.63, 3.8) is 0 Å². The molecule has 13 nitrogen and oxygen atoms in total. The lowest BCUT2D eigenvalue weighted by Crippen LogP contribution is -2.50. The van der Waals surface area contributed by atoms with E-state index in [1.807, 2.05) is 30.9 Å². The van der Waals surface area contributed by atoms with Crippen LogP contribution >= 0.6 is 0 Å². The van der Waals surface area contributed by atoms with Crippen molar-refractivity contribution in [3.05, 3.63) is 58.6 Å². The predicted molar refractivity (Wildman–Crippen MR) is 162 cm³/mol. The van der Waals surface area contributed by atoms with Crippen LogP contribution in [-0.4, -0.2) is 87.2 Å². The Kier molecular flexibility index (Phi) is 8.89. The second kappa shape index (κ2) is 12.6. The number of aromatic nitrogens is 5. The molecule has 1 aliphatic heterocycles. The topological polar surface area (TPSA) is 159 Å². The fourth-order valence-corrected chi connectivity index (χ4v) is 6.64. The second-order valence-corrected chi connectivity index (χ2v) is 12.4. The number of ether oxygens (including phenoxy) is 1. The number of benzene rings is 1. The minimum absolute atomic E-state index is 0.0574. The van der Waals surface area contributed by atoms with Crippen LogP contribution < -0.4 is 16.0 Å². The fraction of sp³-hybridized carbons (Fsp3) is 0.414. The van der Waals surface area contributed by atoms with Crippen LogP contribution in [0.2, 0.25) is 0 Å². The number of rotatable bonds is 11. The van der Waals surface area contributed by atoms with Crippen LogP contribution in [0.25, 0.3) is 28.2 Å². The molecule has 1 aliphatic rings. The van der Waals surface area contributed by atoms with Crippen molar-refractivity contribution >= 4 is 27.0 Å². The van der Waals surface area contributed by atoms with Crippen molar-refractivity contribution in [1.29, 1.82) is 0 Å². The number of hydrogen-bond donors (Lipinski definition) is 1. The van der Waals surface area contributed by atoms with Crippen molar-refractivity contribution in [3.8, 4) is 23.0 Å². The molecule has 0 radical (unpaired) electrons. The first-order valence-corrected chi connectivity index (χ1v) is 15.8. The highest BCUT2D eigenvalue weighted by Crippen LogP contribution is 2.33. The summed E-state index contributed by atoms with van der Waals surface area (Å²) in [4.78, 5) is 36.2. The van der Waals surface area contributed by atoms with Gasteiger partial charge in [-0.1, -0.05) is 26.3 Å². The number of primary amides is 1. The number of carbonyl (C=O) groups excluding carboxylic acids is 1. The minimum Gasteiger partial charge on any atom is -0.493 e. The summed E-state index contributed by atoms with van der Waals surface area (Å²) in [5.74, 6) is 0.808.